The maximum absolute atomic E-state index is 9.05. The lowest BCUT2D eigenvalue weighted by molar-refractivity contribution is 0.489. The zero-order valence-corrected chi connectivity index (χ0v) is 6.95. The van der Waals surface area contributed by atoms with Crippen LogP contribution in [0.4, 0.5) is 0 Å². The number of hydrogen-bond donors (Lipinski definition) is 1. The molecule has 0 unspecified atom stereocenters. The molecule has 0 fully saturated rings. The van der Waals surface area contributed by atoms with Gasteiger partial charge in [0.25, 0.3) is 0 Å². The van der Waals surface area contributed by atoms with Crippen molar-refractivity contribution in [3.8, 4) is 15.6 Å². The van der Waals surface area contributed by atoms with Crippen molar-refractivity contribution in [2.24, 2.45) is 0 Å². The molecular weight excluding hydrogens is 172 g/mol. The Morgan fingerprint density at radius 1 is 1.25 bits per heavy atom. The molecule has 0 saturated carbocycles. The summed E-state index contributed by atoms with van der Waals surface area (Å²) < 4.78 is 0. The zero-order valence-electron chi connectivity index (χ0n) is 6.14. The molecule has 1 N–H and O–H groups in total. The highest BCUT2D eigenvalue weighted by atomic mass is 32.1. The molecule has 12 heavy (non-hydrogen) atoms. The number of hydrogen-bond acceptors (Lipinski definition) is 4. The first kappa shape index (κ1) is 7.24. The lowest BCUT2D eigenvalue weighted by atomic mass is 10.3. The van der Waals surface area contributed by atoms with Gasteiger partial charge in [-0.3, -0.25) is 4.98 Å². The van der Waals surface area contributed by atoms with Gasteiger partial charge in [0.2, 0.25) is 0 Å². The third-order valence-electron chi connectivity index (χ3n) is 1.42. The van der Waals surface area contributed by atoms with Crippen LogP contribution in [0.15, 0.2) is 30.7 Å². The zero-order chi connectivity index (χ0) is 8.39. The molecule has 0 atom stereocenters. The van der Waals surface area contributed by atoms with E-state index in [-0.39, 0.29) is 5.06 Å². The van der Waals surface area contributed by atoms with Crippen LogP contribution in [-0.2, 0) is 0 Å². The number of rotatable bonds is 1. The van der Waals surface area contributed by atoms with Crippen molar-refractivity contribution in [2.75, 3.05) is 0 Å². The minimum absolute atomic E-state index is 0.238. The Morgan fingerprint density at radius 3 is 2.58 bits per heavy atom. The molecule has 0 aliphatic carbocycles. The van der Waals surface area contributed by atoms with Gasteiger partial charge in [-0.2, -0.15) is 0 Å². The van der Waals surface area contributed by atoms with E-state index in [9.17, 15) is 0 Å². The highest BCUT2D eigenvalue weighted by Gasteiger charge is 2.01. The standard InChI is InChI=1S/C8H6N2OS/c11-7-5-10-8(12-7)6-1-3-9-4-2-6/h1-5,11H. The van der Waals surface area contributed by atoms with Crippen molar-refractivity contribution in [1.29, 1.82) is 0 Å². The maximum atomic E-state index is 9.05. The molecule has 2 rings (SSSR count). The molecule has 0 aromatic carbocycles. The molecular formula is C8H6N2OS. The predicted molar refractivity (Wildman–Crippen MR) is 47.0 cm³/mol. The second kappa shape index (κ2) is 2.91. The largest absolute Gasteiger partial charge is 0.498 e. The lowest BCUT2D eigenvalue weighted by Crippen LogP contribution is -1.74. The number of aromatic nitrogens is 2. The lowest BCUT2D eigenvalue weighted by Gasteiger charge is -1.91. The van der Waals surface area contributed by atoms with Crippen LogP contribution in [0.1, 0.15) is 0 Å². The van der Waals surface area contributed by atoms with Gasteiger partial charge in [0, 0.05) is 18.0 Å². The summed E-state index contributed by atoms with van der Waals surface area (Å²) >= 11 is 1.26. The Labute approximate surface area is 73.4 Å². The molecule has 60 valence electrons. The molecule has 0 saturated heterocycles. The smallest absolute Gasteiger partial charge is 0.192 e. The molecule has 3 nitrogen and oxygen atoms in total. The Bertz CT molecular complexity index is 372. The molecule has 0 radical (unpaired) electrons. The van der Waals surface area contributed by atoms with Crippen molar-refractivity contribution in [1.82, 2.24) is 9.97 Å². The summed E-state index contributed by atoms with van der Waals surface area (Å²) in [4.78, 5) is 7.92. The summed E-state index contributed by atoms with van der Waals surface area (Å²) in [5.41, 5.74) is 0.982. The van der Waals surface area contributed by atoms with Crippen LogP contribution in [-0.4, -0.2) is 15.1 Å². The van der Waals surface area contributed by atoms with Crippen molar-refractivity contribution in [2.45, 2.75) is 0 Å². The highest BCUT2D eigenvalue weighted by Crippen LogP contribution is 2.27. The van der Waals surface area contributed by atoms with E-state index in [4.69, 9.17) is 5.11 Å². The normalized spacial score (nSPS) is 10.0. The van der Waals surface area contributed by atoms with E-state index in [2.05, 4.69) is 9.97 Å². The van der Waals surface area contributed by atoms with Crippen LogP contribution < -0.4 is 0 Å². The summed E-state index contributed by atoms with van der Waals surface area (Å²) in [6, 6.07) is 3.72. The van der Waals surface area contributed by atoms with Crippen molar-refractivity contribution in [3.63, 3.8) is 0 Å². The third-order valence-corrected chi connectivity index (χ3v) is 2.27. The molecule has 0 amide bonds. The summed E-state index contributed by atoms with van der Waals surface area (Å²) in [7, 11) is 0. The first-order chi connectivity index (χ1) is 5.86. The molecule has 2 aromatic rings. The van der Waals surface area contributed by atoms with Crippen LogP contribution in [0.3, 0.4) is 0 Å². The van der Waals surface area contributed by atoms with Gasteiger partial charge in [-0.05, 0) is 12.1 Å². The number of pyridine rings is 1. The van der Waals surface area contributed by atoms with E-state index >= 15 is 0 Å². The topological polar surface area (TPSA) is 46.0 Å². The number of thiazole rings is 1. The van der Waals surface area contributed by atoms with E-state index in [0.29, 0.717) is 0 Å². The van der Waals surface area contributed by atoms with Crippen LogP contribution >= 0.6 is 11.3 Å². The second-order valence-electron chi connectivity index (χ2n) is 2.24. The van der Waals surface area contributed by atoms with Gasteiger partial charge in [0.15, 0.2) is 5.06 Å². The fourth-order valence-corrected chi connectivity index (χ4v) is 1.56. The van der Waals surface area contributed by atoms with E-state index in [1.54, 1.807) is 12.4 Å². The second-order valence-corrected chi connectivity index (χ2v) is 3.25. The maximum Gasteiger partial charge on any atom is 0.192 e. The number of nitrogens with zero attached hydrogens (tertiary/aromatic N) is 2. The number of aromatic hydroxyl groups is 1. The molecule has 4 heteroatoms. The Kier molecular flexibility index (Phi) is 1.75. The fourth-order valence-electron chi connectivity index (χ4n) is 0.894. The summed E-state index contributed by atoms with van der Waals surface area (Å²) in [5.74, 6) is 0. The Hall–Kier alpha value is -1.42. The summed E-state index contributed by atoms with van der Waals surface area (Å²) in [6.07, 6.45) is 4.85. The highest BCUT2D eigenvalue weighted by molar-refractivity contribution is 7.16. The van der Waals surface area contributed by atoms with Gasteiger partial charge < -0.3 is 5.11 Å². The van der Waals surface area contributed by atoms with E-state index in [0.717, 1.165) is 10.6 Å². The van der Waals surface area contributed by atoms with Gasteiger partial charge in [-0.1, -0.05) is 11.3 Å². The van der Waals surface area contributed by atoms with Crippen LogP contribution in [0.25, 0.3) is 10.6 Å². The van der Waals surface area contributed by atoms with Gasteiger partial charge in [-0.15, -0.1) is 0 Å². The van der Waals surface area contributed by atoms with Crippen molar-refractivity contribution < 1.29 is 5.11 Å². The van der Waals surface area contributed by atoms with Gasteiger partial charge in [-0.25, -0.2) is 4.98 Å². The van der Waals surface area contributed by atoms with Crippen LogP contribution in [0, 0.1) is 0 Å². The van der Waals surface area contributed by atoms with Crippen molar-refractivity contribution >= 4 is 11.3 Å². The Balaban J connectivity index is 2.45. The molecule has 0 aliphatic rings. The van der Waals surface area contributed by atoms with Crippen LogP contribution in [0.5, 0.6) is 5.06 Å². The first-order valence-electron chi connectivity index (χ1n) is 3.41. The third kappa shape index (κ3) is 1.29. The average molecular weight is 178 g/mol. The van der Waals surface area contributed by atoms with Crippen molar-refractivity contribution in [3.05, 3.63) is 30.7 Å². The Morgan fingerprint density at radius 2 is 2.00 bits per heavy atom. The quantitative estimate of drug-likeness (QED) is 0.725. The van der Waals surface area contributed by atoms with E-state index in [1.165, 1.54) is 17.5 Å². The molecule has 2 heterocycles. The van der Waals surface area contributed by atoms with Gasteiger partial charge >= 0.3 is 0 Å². The SMILES string of the molecule is Oc1cnc(-c2ccncc2)s1. The molecule has 0 aliphatic heterocycles. The fraction of sp³-hybridized carbons (Fsp3) is 0. The van der Waals surface area contributed by atoms with E-state index in [1.807, 2.05) is 12.1 Å². The van der Waals surface area contributed by atoms with E-state index < -0.39 is 0 Å². The van der Waals surface area contributed by atoms with Gasteiger partial charge in [0.1, 0.15) is 5.01 Å². The molecule has 2 aromatic heterocycles. The minimum Gasteiger partial charge on any atom is -0.498 e. The summed E-state index contributed by atoms with van der Waals surface area (Å²) in [6.45, 7) is 0. The minimum atomic E-state index is 0.238. The van der Waals surface area contributed by atoms with Gasteiger partial charge in [0.05, 0.1) is 6.20 Å². The monoisotopic (exact) mass is 178 g/mol. The first-order valence-corrected chi connectivity index (χ1v) is 4.23. The molecule has 0 spiro atoms. The van der Waals surface area contributed by atoms with Crippen LogP contribution in [0.2, 0.25) is 0 Å². The summed E-state index contributed by atoms with van der Waals surface area (Å²) in [5, 5.41) is 10.1. The average Bonchev–Trinajstić information content (AvgIpc) is 2.54. The molecule has 0 bridgehead atoms. The predicted octanol–water partition coefficient (Wildman–Crippen LogP) is 1.91.